The maximum atomic E-state index is 9.25. The van der Waals surface area contributed by atoms with Crippen LogP contribution in [-0.4, -0.2) is 30.9 Å². The van der Waals surface area contributed by atoms with E-state index in [1.165, 1.54) is 7.11 Å². The predicted molar refractivity (Wildman–Crippen MR) is 67.8 cm³/mol. The Bertz CT molecular complexity index is 352. The molecule has 1 aromatic carbocycles. The summed E-state index contributed by atoms with van der Waals surface area (Å²) in [7, 11) is -0.0264. The van der Waals surface area contributed by atoms with Gasteiger partial charge in [-0.15, -0.1) is 0 Å². The van der Waals surface area contributed by atoms with Crippen LogP contribution in [0.5, 0.6) is 11.5 Å². The molecule has 0 saturated heterocycles. The van der Waals surface area contributed by atoms with Crippen molar-refractivity contribution in [3.05, 3.63) is 18.2 Å². The Morgan fingerprint density at radius 2 is 2.00 bits per heavy atom. The molecule has 2 N–H and O–H groups in total. The van der Waals surface area contributed by atoms with Gasteiger partial charge in [0.15, 0.2) is 0 Å². The maximum Gasteiger partial charge on any atom is 0.492 e. The molecule has 0 fully saturated rings. The SMILES string of the molecule is COc1ccc(OCCC(C)C)c(B(O)O)c1. The van der Waals surface area contributed by atoms with E-state index >= 15 is 0 Å². The van der Waals surface area contributed by atoms with Gasteiger partial charge < -0.3 is 19.5 Å². The number of rotatable bonds is 6. The summed E-state index contributed by atoms with van der Waals surface area (Å²) < 4.78 is 10.6. The average molecular weight is 238 g/mol. The van der Waals surface area contributed by atoms with Crippen LogP contribution in [0.3, 0.4) is 0 Å². The fourth-order valence-corrected chi connectivity index (χ4v) is 1.39. The average Bonchev–Trinajstić information content (AvgIpc) is 2.28. The van der Waals surface area contributed by atoms with Gasteiger partial charge in [0.25, 0.3) is 0 Å². The molecular formula is C12H19BO4. The van der Waals surface area contributed by atoms with Crippen LogP contribution in [0.15, 0.2) is 18.2 Å². The summed E-state index contributed by atoms with van der Waals surface area (Å²) in [5.41, 5.74) is 0.327. The van der Waals surface area contributed by atoms with Gasteiger partial charge >= 0.3 is 7.12 Å². The first kappa shape index (κ1) is 13.9. The Kier molecular flexibility index (Phi) is 5.32. The normalized spacial score (nSPS) is 10.5. The van der Waals surface area contributed by atoms with Crippen LogP contribution in [0, 0.1) is 5.92 Å². The van der Waals surface area contributed by atoms with Crippen molar-refractivity contribution in [2.24, 2.45) is 5.92 Å². The molecule has 0 unspecified atom stereocenters. The molecule has 0 aliphatic carbocycles. The highest BCUT2D eigenvalue weighted by atomic mass is 16.5. The summed E-state index contributed by atoms with van der Waals surface area (Å²) >= 11 is 0. The molecule has 1 aromatic rings. The van der Waals surface area contributed by atoms with Gasteiger partial charge in [-0.25, -0.2) is 0 Å². The van der Waals surface area contributed by atoms with E-state index in [1.54, 1.807) is 18.2 Å². The van der Waals surface area contributed by atoms with Crippen molar-refractivity contribution in [1.29, 1.82) is 0 Å². The molecule has 1 rings (SSSR count). The summed E-state index contributed by atoms with van der Waals surface area (Å²) in [6, 6.07) is 4.99. The molecule has 0 spiro atoms. The molecule has 0 bridgehead atoms. The van der Waals surface area contributed by atoms with Crippen molar-refractivity contribution in [2.75, 3.05) is 13.7 Å². The topological polar surface area (TPSA) is 58.9 Å². The van der Waals surface area contributed by atoms with Gasteiger partial charge in [0.05, 0.1) is 13.7 Å². The molecule has 17 heavy (non-hydrogen) atoms. The molecule has 4 nitrogen and oxygen atoms in total. The highest BCUT2D eigenvalue weighted by Crippen LogP contribution is 2.16. The molecule has 0 aromatic heterocycles. The van der Waals surface area contributed by atoms with E-state index in [9.17, 15) is 10.0 Å². The molecule has 0 aliphatic heterocycles. The number of hydrogen-bond donors (Lipinski definition) is 2. The summed E-state index contributed by atoms with van der Waals surface area (Å²) in [5.74, 6) is 1.61. The van der Waals surface area contributed by atoms with Gasteiger partial charge in [-0.3, -0.25) is 0 Å². The van der Waals surface area contributed by atoms with E-state index in [4.69, 9.17) is 9.47 Å². The minimum Gasteiger partial charge on any atom is -0.497 e. The van der Waals surface area contributed by atoms with Crippen molar-refractivity contribution < 1.29 is 19.5 Å². The first-order valence-electron chi connectivity index (χ1n) is 5.71. The molecule has 5 heteroatoms. The van der Waals surface area contributed by atoms with Crippen LogP contribution in [0.4, 0.5) is 0 Å². The van der Waals surface area contributed by atoms with E-state index in [2.05, 4.69) is 13.8 Å². The lowest BCUT2D eigenvalue weighted by Crippen LogP contribution is -2.31. The third-order valence-electron chi connectivity index (χ3n) is 2.45. The van der Waals surface area contributed by atoms with Crippen LogP contribution in [0.1, 0.15) is 20.3 Å². The minimum atomic E-state index is -1.56. The standard InChI is InChI=1S/C12H19BO4/c1-9(2)6-7-17-12-5-4-10(16-3)8-11(12)13(14)15/h4-5,8-9,14-15H,6-7H2,1-3H3. The molecule has 0 amide bonds. The second kappa shape index (κ2) is 6.52. The Morgan fingerprint density at radius 3 is 2.53 bits per heavy atom. The molecule has 0 aliphatic rings. The van der Waals surface area contributed by atoms with Crippen LogP contribution in [-0.2, 0) is 0 Å². The highest BCUT2D eigenvalue weighted by Gasteiger charge is 2.18. The number of methoxy groups -OCH3 is 1. The molecule has 0 atom stereocenters. The zero-order valence-corrected chi connectivity index (χ0v) is 10.5. The van der Waals surface area contributed by atoms with E-state index in [1.807, 2.05) is 0 Å². The third-order valence-corrected chi connectivity index (χ3v) is 2.45. The lowest BCUT2D eigenvalue weighted by Gasteiger charge is -2.13. The first-order chi connectivity index (χ1) is 8.04. The fraction of sp³-hybridized carbons (Fsp3) is 0.500. The smallest absolute Gasteiger partial charge is 0.492 e. The third kappa shape index (κ3) is 4.28. The van der Waals surface area contributed by atoms with E-state index in [-0.39, 0.29) is 0 Å². The van der Waals surface area contributed by atoms with Gasteiger partial charge in [-0.2, -0.15) is 0 Å². The molecule has 0 heterocycles. The van der Waals surface area contributed by atoms with Gasteiger partial charge in [-0.05, 0) is 30.5 Å². The Hall–Kier alpha value is -1.20. The quantitative estimate of drug-likeness (QED) is 0.719. The van der Waals surface area contributed by atoms with Crippen molar-refractivity contribution in [3.8, 4) is 11.5 Å². The second-order valence-electron chi connectivity index (χ2n) is 4.31. The van der Waals surface area contributed by atoms with Gasteiger partial charge in [0.2, 0.25) is 0 Å². The maximum absolute atomic E-state index is 9.25. The van der Waals surface area contributed by atoms with Crippen molar-refractivity contribution in [3.63, 3.8) is 0 Å². The Balaban J connectivity index is 2.76. The molecule has 0 saturated carbocycles. The van der Waals surface area contributed by atoms with Crippen molar-refractivity contribution in [1.82, 2.24) is 0 Å². The van der Waals surface area contributed by atoms with E-state index in [0.717, 1.165) is 6.42 Å². The van der Waals surface area contributed by atoms with Gasteiger partial charge in [0.1, 0.15) is 11.5 Å². The molecule has 94 valence electrons. The van der Waals surface area contributed by atoms with Crippen LogP contribution in [0.25, 0.3) is 0 Å². The fourth-order valence-electron chi connectivity index (χ4n) is 1.39. The second-order valence-corrected chi connectivity index (χ2v) is 4.31. The van der Waals surface area contributed by atoms with Crippen LogP contribution in [0.2, 0.25) is 0 Å². The van der Waals surface area contributed by atoms with Gasteiger partial charge in [0, 0.05) is 5.46 Å². The lowest BCUT2D eigenvalue weighted by atomic mass is 9.79. The van der Waals surface area contributed by atoms with Crippen molar-refractivity contribution in [2.45, 2.75) is 20.3 Å². The lowest BCUT2D eigenvalue weighted by molar-refractivity contribution is 0.289. The highest BCUT2D eigenvalue weighted by molar-refractivity contribution is 6.59. The summed E-state index contributed by atoms with van der Waals surface area (Å²) in [6.07, 6.45) is 0.924. The number of ether oxygens (including phenoxy) is 2. The number of hydrogen-bond acceptors (Lipinski definition) is 4. The van der Waals surface area contributed by atoms with Crippen LogP contribution < -0.4 is 14.9 Å². The Labute approximate surface area is 102 Å². The van der Waals surface area contributed by atoms with Crippen molar-refractivity contribution >= 4 is 12.6 Å². The van der Waals surface area contributed by atoms with E-state index < -0.39 is 7.12 Å². The monoisotopic (exact) mass is 238 g/mol. The van der Waals surface area contributed by atoms with Crippen LogP contribution >= 0.6 is 0 Å². The molecular weight excluding hydrogens is 219 g/mol. The largest absolute Gasteiger partial charge is 0.497 e. The summed E-state index contributed by atoms with van der Waals surface area (Å²) in [4.78, 5) is 0. The minimum absolute atomic E-state index is 0.327. The predicted octanol–water partition coefficient (Wildman–Crippen LogP) is 0.800. The zero-order valence-electron chi connectivity index (χ0n) is 10.5. The summed E-state index contributed by atoms with van der Waals surface area (Å²) in [5, 5.41) is 18.5. The first-order valence-corrected chi connectivity index (χ1v) is 5.71. The molecule has 0 radical (unpaired) electrons. The number of benzene rings is 1. The Morgan fingerprint density at radius 1 is 1.29 bits per heavy atom. The van der Waals surface area contributed by atoms with E-state index in [0.29, 0.717) is 29.5 Å². The van der Waals surface area contributed by atoms with Gasteiger partial charge in [-0.1, -0.05) is 13.8 Å². The zero-order chi connectivity index (χ0) is 12.8. The summed E-state index contributed by atoms with van der Waals surface area (Å²) in [6.45, 7) is 4.78.